The number of hydrogen-bond donors (Lipinski definition) is 2. The van der Waals surface area contributed by atoms with E-state index in [0.717, 1.165) is 40.2 Å². The molecule has 0 fully saturated rings. The SMILES string of the molecule is COC(=O)c1c(NC(=O)C(C)Sc2cccc(NC(=O)/C=C/c3ccccc3)c2)sc2c1CCC(C)C2. The quantitative estimate of drug-likeness (QED) is 0.198. The molecule has 37 heavy (non-hydrogen) atoms. The molecule has 1 aromatic heterocycles. The third-order valence-corrected chi connectivity index (χ3v) is 8.41. The zero-order valence-electron chi connectivity index (χ0n) is 21.1. The first-order chi connectivity index (χ1) is 17.8. The maximum Gasteiger partial charge on any atom is 0.341 e. The Hall–Kier alpha value is -3.36. The Bertz CT molecular complexity index is 1320. The minimum atomic E-state index is -0.424. The van der Waals surface area contributed by atoms with Gasteiger partial charge in [-0.25, -0.2) is 4.79 Å². The molecular weight excluding hydrogens is 504 g/mol. The van der Waals surface area contributed by atoms with Crippen molar-refractivity contribution in [2.45, 2.75) is 43.3 Å². The van der Waals surface area contributed by atoms with Gasteiger partial charge >= 0.3 is 5.97 Å². The highest BCUT2D eigenvalue weighted by molar-refractivity contribution is 8.00. The monoisotopic (exact) mass is 534 g/mol. The minimum absolute atomic E-state index is 0.193. The molecular formula is C29H30N2O4S2. The van der Waals surface area contributed by atoms with Gasteiger partial charge in [0, 0.05) is 21.5 Å². The van der Waals surface area contributed by atoms with Gasteiger partial charge in [-0.15, -0.1) is 23.1 Å². The second-order valence-corrected chi connectivity index (χ2v) is 11.6. The molecule has 1 heterocycles. The molecule has 2 unspecified atom stereocenters. The summed E-state index contributed by atoms with van der Waals surface area (Å²) in [5.41, 5.74) is 3.09. The fraction of sp³-hybridized carbons (Fsp3) is 0.276. The average Bonchev–Trinajstić information content (AvgIpc) is 3.24. The van der Waals surface area contributed by atoms with Gasteiger partial charge < -0.3 is 15.4 Å². The number of thioether (sulfide) groups is 1. The molecule has 8 heteroatoms. The van der Waals surface area contributed by atoms with E-state index in [4.69, 9.17) is 4.74 Å². The number of methoxy groups -OCH3 is 1. The molecule has 0 radical (unpaired) electrons. The van der Waals surface area contributed by atoms with E-state index in [9.17, 15) is 14.4 Å². The van der Waals surface area contributed by atoms with E-state index in [1.807, 2.05) is 61.5 Å². The summed E-state index contributed by atoms with van der Waals surface area (Å²) < 4.78 is 5.03. The number of benzene rings is 2. The zero-order valence-corrected chi connectivity index (χ0v) is 22.7. The Labute approximate surface area is 225 Å². The van der Waals surface area contributed by atoms with Crippen molar-refractivity contribution in [3.63, 3.8) is 0 Å². The maximum absolute atomic E-state index is 13.1. The fourth-order valence-corrected chi connectivity index (χ4v) is 6.52. The predicted octanol–water partition coefficient (Wildman–Crippen LogP) is 6.43. The van der Waals surface area contributed by atoms with Crippen molar-refractivity contribution in [2.75, 3.05) is 17.7 Å². The molecule has 4 rings (SSSR count). The predicted molar refractivity (Wildman–Crippen MR) is 151 cm³/mol. The van der Waals surface area contributed by atoms with Crippen LogP contribution in [0.1, 0.15) is 46.6 Å². The fourth-order valence-electron chi connectivity index (χ4n) is 4.20. The van der Waals surface area contributed by atoms with E-state index in [-0.39, 0.29) is 11.8 Å². The molecule has 6 nitrogen and oxygen atoms in total. The van der Waals surface area contributed by atoms with Gasteiger partial charge in [0.2, 0.25) is 11.8 Å². The van der Waals surface area contributed by atoms with Crippen molar-refractivity contribution < 1.29 is 19.1 Å². The van der Waals surface area contributed by atoms with Gasteiger partial charge in [-0.3, -0.25) is 9.59 Å². The van der Waals surface area contributed by atoms with Crippen LogP contribution in [0.15, 0.2) is 65.6 Å². The smallest absolute Gasteiger partial charge is 0.341 e. The third kappa shape index (κ3) is 6.90. The molecule has 2 amide bonds. The first-order valence-electron chi connectivity index (χ1n) is 12.2. The lowest BCUT2D eigenvalue weighted by molar-refractivity contribution is -0.115. The third-order valence-electron chi connectivity index (χ3n) is 6.15. The summed E-state index contributed by atoms with van der Waals surface area (Å²) >= 11 is 2.86. The number of carbonyl (C=O) groups is 3. The number of ether oxygens (including phenoxy) is 1. The number of carbonyl (C=O) groups excluding carboxylic acids is 3. The number of hydrogen-bond acceptors (Lipinski definition) is 6. The van der Waals surface area contributed by atoms with E-state index in [1.165, 1.54) is 36.3 Å². The van der Waals surface area contributed by atoms with Crippen LogP contribution < -0.4 is 10.6 Å². The van der Waals surface area contributed by atoms with Gasteiger partial charge in [0.15, 0.2) is 0 Å². The van der Waals surface area contributed by atoms with Crippen LogP contribution in [0.4, 0.5) is 10.7 Å². The summed E-state index contributed by atoms with van der Waals surface area (Å²) in [6, 6.07) is 17.0. The number of nitrogens with one attached hydrogen (secondary N) is 2. The Morgan fingerprint density at radius 2 is 1.89 bits per heavy atom. The van der Waals surface area contributed by atoms with Crippen molar-refractivity contribution in [1.29, 1.82) is 0 Å². The molecule has 1 aliphatic rings. The highest BCUT2D eigenvalue weighted by atomic mass is 32.2. The molecule has 2 atom stereocenters. The number of thiophene rings is 1. The molecule has 2 N–H and O–H groups in total. The van der Waals surface area contributed by atoms with Gasteiger partial charge in [-0.2, -0.15) is 0 Å². The second kappa shape index (κ2) is 12.3. The minimum Gasteiger partial charge on any atom is -0.465 e. The highest BCUT2D eigenvalue weighted by Gasteiger charge is 2.29. The molecule has 0 saturated heterocycles. The number of rotatable bonds is 8. The van der Waals surface area contributed by atoms with Crippen molar-refractivity contribution in [3.05, 3.63) is 82.2 Å². The lowest BCUT2D eigenvalue weighted by atomic mass is 9.88. The topological polar surface area (TPSA) is 84.5 Å². The summed E-state index contributed by atoms with van der Waals surface area (Å²) in [5.74, 6) is -0.283. The average molecular weight is 535 g/mol. The molecule has 0 aliphatic heterocycles. The molecule has 0 bridgehead atoms. The number of fused-ring (bicyclic) bond motifs is 1. The maximum atomic E-state index is 13.1. The van der Waals surface area contributed by atoms with Gasteiger partial charge in [-0.1, -0.05) is 43.3 Å². The number of anilines is 2. The van der Waals surface area contributed by atoms with Gasteiger partial charge in [0.1, 0.15) is 5.00 Å². The lowest BCUT2D eigenvalue weighted by Crippen LogP contribution is -2.23. The van der Waals surface area contributed by atoms with Crippen LogP contribution in [0.25, 0.3) is 6.08 Å². The second-order valence-electron chi connectivity index (χ2n) is 9.06. The summed E-state index contributed by atoms with van der Waals surface area (Å²) in [5, 5.41) is 5.98. The summed E-state index contributed by atoms with van der Waals surface area (Å²) in [4.78, 5) is 40.0. The van der Waals surface area contributed by atoms with E-state index in [0.29, 0.717) is 22.2 Å². The van der Waals surface area contributed by atoms with Gasteiger partial charge in [0.25, 0.3) is 0 Å². The van der Waals surface area contributed by atoms with Crippen LogP contribution in [0.2, 0.25) is 0 Å². The van der Waals surface area contributed by atoms with Crippen molar-refractivity contribution in [1.82, 2.24) is 0 Å². The van der Waals surface area contributed by atoms with E-state index >= 15 is 0 Å². The first kappa shape index (κ1) is 26.7. The number of amides is 2. The van der Waals surface area contributed by atoms with E-state index < -0.39 is 11.2 Å². The van der Waals surface area contributed by atoms with Crippen molar-refractivity contribution >= 4 is 57.6 Å². The molecule has 192 valence electrons. The van der Waals surface area contributed by atoms with Crippen LogP contribution >= 0.6 is 23.1 Å². The Balaban J connectivity index is 1.40. The van der Waals surface area contributed by atoms with Crippen LogP contribution in [0.5, 0.6) is 0 Å². The molecule has 1 aliphatic carbocycles. The Kier molecular flexibility index (Phi) is 8.84. The summed E-state index contributed by atoms with van der Waals surface area (Å²) in [6.07, 6.45) is 5.99. The standard InChI is InChI=1S/C29H30N2O4S2/c1-18-12-14-23-24(16-18)37-28(26(23)29(34)35-3)31-27(33)19(2)36-22-11-7-10-21(17-22)30-25(32)15-13-20-8-5-4-6-9-20/h4-11,13,15,17-19H,12,14,16H2,1-3H3,(H,30,32)(H,31,33)/b15-13+. The normalized spacial score (nSPS) is 15.6. The van der Waals surface area contributed by atoms with Crippen LogP contribution in [0.3, 0.4) is 0 Å². The van der Waals surface area contributed by atoms with E-state index in [2.05, 4.69) is 17.6 Å². The summed E-state index contributed by atoms with van der Waals surface area (Å²) in [7, 11) is 1.37. The van der Waals surface area contributed by atoms with E-state index in [1.54, 1.807) is 6.08 Å². The molecule has 0 saturated carbocycles. The Morgan fingerprint density at radius 3 is 2.65 bits per heavy atom. The van der Waals surface area contributed by atoms with Crippen molar-refractivity contribution in [3.8, 4) is 0 Å². The largest absolute Gasteiger partial charge is 0.465 e. The summed E-state index contributed by atoms with van der Waals surface area (Å²) in [6.45, 7) is 4.02. The lowest BCUT2D eigenvalue weighted by Gasteiger charge is -2.18. The highest BCUT2D eigenvalue weighted by Crippen LogP contribution is 2.40. The molecule has 2 aromatic carbocycles. The van der Waals surface area contributed by atoms with Crippen LogP contribution in [0, 0.1) is 5.92 Å². The van der Waals surface area contributed by atoms with Crippen LogP contribution in [-0.2, 0) is 27.2 Å². The van der Waals surface area contributed by atoms with Gasteiger partial charge in [-0.05, 0) is 67.5 Å². The van der Waals surface area contributed by atoms with Gasteiger partial charge in [0.05, 0.1) is 17.9 Å². The molecule has 3 aromatic rings. The van der Waals surface area contributed by atoms with Crippen LogP contribution in [-0.4, -0.2) is 30.1 Å². The Morgan fingerprint density at radius 1 is 1.11 bits per heavy atom. The zero-order chi connectivity index (χ0) is 26.4. The molecule has 0 spiro atoms. The first-order valence-corrected chi connectivity index (χ1v) is 13.9. The van der Waals surface area contributed by atoms with Crippen molar-refractivity contribution in [2.24, 2.45) is 5.92 Å². The number of esters is 1.